The Morgan fingerprint density at radius 3 is 2.61 bits per heavy atom. The summed E-state index contributed by atoms with van der Waals surface area (Å²) in [6.45, 7) is 0. The zero-order valence-electron chi connectivity index (χ0n) is 9.19. The van der Waals surface area contributed by atoms with Crippen LogP contribution in [0.5, 0.6) is 0 Å². The second-order valence-corrected chi connectivity index (χ2v) is 3.22. The zero-order valence-corrected chi connectivity index (χ0v) is 9.19. The molecule has 2 rings (SSSR count). The Kier molecular flexibility index (Phi) is 3.00. The highest BCUT2D eigenvalue weighted by atomic mass is 16.6. The molecule has 0 atom stereocenters. The number of nitro benzene ring substituents is 1. The Bertz CT molecular complexity index is 590. The van der Waals surface area contributed by atoms with Crippen molar-refractivity contribution in [2.75, 3.05) is 7.11 Å². The number of aromatic nitrogens is 2. The number of esters is 1. The summed E-state index contributed by atoms with van der Waals surface area (Å²) in [6, 6.07) is 5.54. The molecule has 2 aromatic rings. The van der Waals surface area contributed by atoms with Crippen LogP contribution in [0.2, 0.25) is 0 Å². The van der Waals surface area contributed by atoms with Crippen molar-refractivity contribution in [2.24, 2.45) is 0 Å². The average molecular weight is 249 g/mol. The van der Waals surface area contributed by atoms with Crippen LogP contribution in [0.25, 0.3) is 11.4 Å². The van der Waals surface area contributed by atoms with E-state index in [1.165, 1.54) is 31.4 Å². The number of benzene rings is 1. The second kappa shape index (κ2) is 4.62. The summed E-state index contributed by atoms with van der Waals surface area (Å²) < 4.78 is 9.09. The lowest BCUT2D eigenvalue weighted by Gasteiger charge is -1.93. The van der Waals surface area contributed by atoms with Crippen molar-refractivity contribution < 1.29 is 19.0 Å². The molecule has 1 aromatic heterocycles. The molecule has 0 aliphatic carbocycles. The van der Waals surface area contributed by atoms with Gasteiger partial charge in [-0.1, -0.05) is 5.16 Å². The summed E-state index contributed by atoms with van der Waals surface area (Å²) in [7, 11) is 1.19. The third-order valence-corrected chi connectivity index (χ3v) is 2.12. The number of rotatable bonds is 3. The van der Waals surface area contributed by atoms with Gasteiger partial charge in [-0.2, -0.15) is 4.98 Å². The van der Waals surface area contributed by atoms with Crippen LogP contribution in [0.3, 0.4) is 0 Å². The lowest BCUT2D eigenvalue weighted by Crippen LogP contribution is -2.00. The fourth-order valence-corrected chi connectivity index (χ4v) is 1.24. The molecule has 0 fully saturated rings. The first-order valence-corrected chi connectivity index (χ1v) is 4.78. The molecule has 0 aliphatic rings. The summed E-state index contributed by atoms with van der Waals surface area (Å²) in [6.07, 6.45) is 0. The summed E-state index contributed by atoms with van der Waals surface area (Å²) >= 11 is 0. The van der Waals surface area contributed by atoms with Crippen LogP contribution in [0.4, 0.5) is 5.69 Å². The van der Waals surface area contributed by atoms with Gasteiger partial charge in [0.25, 0.3) is 5.69 Å². The lowest BCUT2D eigenvalue weighted by atomic mass is 10.2. The third kappa shape index (κ3) is 2.17. The Balaban J connectivity index is 2.29. The molecule has 8 heteroatoms. The average Bonchev–Trinajstić information content (AvgIpc) is 2.87. The number of methoxy groups -OCH3 is 1. The molecule has 8 nitrogen and oxygen atoms in total. The summed E-state index contributed by atoms with van der Waals surface area (Å²) in [5.41, 5.74) is 0.454. The number of non-ortho nitro benzene ring substituents is 1. The molecule has 1 aromatic carbocycles. The van der Waals surface area contributed by atoms with Gasteiger partial charge in [-0.05, 0) is 12.1 Å². The van der Waals surface area contributed by atoms with E-state index in [9.17, 15) is 14.9 Å². The number of carbonyl (C=O) groups is 1. The standard InChI is InChI=1S/C10H7N3O5/c1-17-10(14)9-11-8(12-18-9)6-2-4-7(5-3-6)13(15)16/h2-5H,1H3. The van der Waals surface area contributed by atoms with E-state index in [0.717, 1.165) is 0 Å². The molecule has 1 heterocycles. The minimum absolute atomic E-state index is 0.0459. The van der Waals surface area contributed by atoms with Crippen molar-refractivity contribution in [1.29, 1.82) is 0 Å². The van der Waals surface area contributed by atoms with E-state index in [0.29, 0.717) is 5.56 Å². The molecule has 0 saturated carbocycles. The summed E-state index contributed by atoms with van der Waals surface area (Å²) in [4.78, 5) is 24.9. The van der Waals surface area contributed by atoms with Crippen molar-refractivity contribution >= 4 is 11.7 Å². The van der Waals surface area contributed by atoms with Gasteiger partial charge in [-0.3, -0.25) is 10.1 Å². The van der Waals surface area contributed by atoms with Gasteiger partial charge in [0.2, 0.25) is 5.82 Å². The second-order valence-electron chi connectivity index (χ2n) is 3.22. The molecule has 0 N–H and O–H groups in total. The van der Waals surface area contributed by atoms with Crippen molar-refractivity contribution in [3.8, 4) is 11.4 Å². The monoisotopic (exact) mass is 249 g/mol. The van der Waals surface area contributed by atoms with Crippen molar-refractivity contribution in [2.45, 2.75) is 0 Å². The predicted molar refractivity (Wildman–Crippen MR) is 57.7 cm³/mol. The quantitative estimate of drug-likeness (QED) is 0.459. The molecular weight excluding hydrogens is 242 g/mol. The van der Waals surface area contributed by atoms with Crippen molar-refractivity contribution in [3.05, 3.63) is 40.3 Å². The lowest BCUT2D eigenvalue weighted by molar-refractivity contribution is -0.384. The number of nitrogens with zero attached hydrogens (tertiary/aromatic N) is 3. The van der Waals surface area contributed by atoms with Crippen LogP contribution >= 0.6 is 0 Å². The van der Waals surface area contributed by atoms with E-state index in [4.69, 9.17) is 0 Å². The minimum atomic E-state index is -0.740. The maximum atomic E-state index is 11.1. The molecule has 18 heavy (non-hydrogen) atoms. The van der Waals surface area contributed by atoms with Crippen LogP contribution in [-0.4, -0.2) is 28.1 Å². The molecule has 0 radical (unpaired) electrons. The van der Waals surface area contributed by atoms with Crippen LogP contribution in [0.1, 0.15) is 10.7 Å². The first kappa shape index (κ1) is 11.7. The number of carbonyl (C=O) groups excluding carboxylic acids is 1. The fourth-order valence-electron chi connectivity index (χ4n) is 1.24. The third-order valence-electron chi connectivity index (χ3n) is 2.12. The number of hydrogen-bond donors (Lipinski definition) is 0. The van der Waals surface area contributed by atoms with E-state index >= 15 is 0 Å². The molecule has 0 amide bonds. The molecule has 0 unspecified atom stereocenters. The Morgan fingerprint density at radius 1 is 1.39 bits per heavy atom. The number of hydrogen-bond acceptors (Lipinski definition) is 7. The van der Waals surface area contributed by atoms with E-state index in [-0.39, 0.29) is 17.4 Å². The highest BCUT2D eigenvalue weighted by Crippen LogP contribution is 2.19. The highest BCUT2D eigenvalue weighted by molar-refractivity contribution is 5.84. The van der Waals surface area contributed by atoms with Gasteiger partial charge in [0.15, 0.2) is 0 Å². The van der Waals surface area contributed by atoms with E-state index in [1.54, 1.807) is 0 Å². The summed E-state index contributed by atoms with van der Waals surface area (Å²) in [5.74, 6) is -0.855. The molecule has 0 spiro atoms. The van der Waals surface area contributed by atoms with Crippen LogP contribution in [0.15, 0.2) is 28.8 Å². The highest BCUT2D eigenvalue weighted by Gasteiger charge is 2.16. The van der Waals surface area contributed by atoms with Gasteiger partial charge in [0.05, 0.1) is 12.0 Å². The molecule has 0 bridgehead atoms. The maximum Gasteiger partial charge on any atom is 0.397 e. The molecule has 92 valence electrons. The number of ether oxygens (including phenoxy) is 1. The maximum absolute atomic E-state index is 11.1. The van der Waals surface area contributed by atoms with Gasteiger partial charge in [0.1, 0.15) is 0 Å². The van der Waals surface area contributed by atoms with Crippen molar-refractivity contribution in [3.63, 3.8) is 0 Å². The number of nitro groups is 1. The van der Waals surface area contributed by atoms with Gasteiger partial charge in [-0.15, -0.1) is 0 Å². The Morgan fingerprint density at radius 2 is 2.06 bits per heavy atom. The SMILES string of the molecule is COC(=O)c1nc(-c2ccc([N+](=O)[O-])cc2)no1. The topological polar surface area (TPSA) is 108 Å². The fraction of sp³-hybridized carbons (Fsp3) is 0.100. The van der Waals surface area contributed by atoms with Crippen LogP contribution in [0, 0.1) is 10.1 Å². The van der Waals surface area contributed by atoms with Crippen LogP contribution < -0.4 is 0 Å². The predicted octanol–water partition coefficient (Wildman–Crippen LogP) is 1.43. The first-order chi connectivity index (χ1) is 8.61. The minimum Gasteiger partial charge on any atom is -0.462 e. The summed E-state index contributed by atoms with van der Waals surface area (Å²) in [5, 5.41) is 14.0. The van der Waals surface area contributed by atoms with Gasteiger partial charge < -0.3 is 9.26 Å². The first-order valence-electron chi connectivity index (χ1n) is 4.78. The van der Waals surface area contributed by atoms with Crippen molar-refractivity contribution in [1.82, 2.24) is 10.1 Å². The molecular formula is C10H7N3O5. The largest absolute Gasteiger partial charge is 0.462 e. The van der Waals surface area contributed by atoms with E-state index < -0.39 is 10.9 Å². The van der Waals surface area contributed by atoms with E-state index in [2.05, 4.69) is 19.4 Å². The Hall–Kier alpha value is -2.77. The normalized spacial score (nSPS) is 10.1. The van der Waals surface area contributed by atoms with Gasteiger partial charge in [0, 0.05) is 17.7 Å². The smallest absolute Gasteiger partial charge is 0.397 e. The van der Waals surface area contributed by atoms with Crippen LogP contribution in [-0.2, 0) is 4.74 Å². The molecule has 0 aliphatic heterocycles. The van der Waals surface area contributed by atoms with E-state index in [1.807, 2.05) is 0 Å². The Labute approximate surface area is 100 Å². The van der Waals surface area contributed by atoms with Gasteiger partial charge in [-0.25, -0.2) is 4.79 Å². The van der Waals surface area contributed by atoms with Gasteiger partial charge >= 0.3 is 11.9 Å². The zero-order chi connectivity index (χ0) is 13.1. The molecule has 0 saturated heterocycles.